The van der Waals surface area contributed by atoms with Crippen molar-refractivity contribution >= 4 is 15.2 Å². The molecule has 6 nitrogen and oxygen atoms in total. The molecule has 0 aliphatic heterocycles. The van der Waals surface area contributed by atoms with Crippen LogP contribution >= 0.6 is 15.2 Å². The summed E-state index contributed by atoms with van der Waals surface area (Å²) in [6, 6.07) is 15.1. The van der Waals surface area contributed by atoms with Crippen LogP contribution in [-0.4, -0.2) is 0 Å². The number of hydrogen-bond acceptors (Lipinski definition) is 6. The van der Waals surface area contributed by atoms with E-state index in [1.54, 1.807) is 0 Å². The van der Waals surface area contributed by atoms with E-state index in [1.807, 2.05) is 48.5 Å². The Bertz CT molecular complexity index is 1190. The largest absolute Gasteiger partial charge is 0.810 e. The van der Waals surface area contributed by atoms with Gasteiger partial charge in [-0.05, 0) is 45.9 Å². The topological polar surface area (TPSA) is 126 Å². The summed E-state index contributed by atoms with van der Waals surface area (Å²) in [7, 11) is -9.26. The van der Waals surface area contributed by atoms with Gasteiger partial charge in [-0.15, -0.1) is 0 Å². The van der Waals surface area contributed by atoms with Gasteiger partial charge in [-0.25, -0.2) is 0 Å². The fourth-order valence-electron chi connectivity index (χ4n) is 6.72. The van der Waals surface area contributed by atoms with Crippen molar-refractivity contribution in [2.45, 2.75) is 206 Å². The first-order chi connectivity index (χ1) is 24.3. The molecule has 0 radical (unpaired) electrons. The molecule has 0 spiro atoms. The van der Waals surface area contributed by atoms with Crippen LogP contribution in [-0.2, 0) is 36.5 Å². The molecular weight excluding hydrogens is 745 g/mol. The molecule has 0 aliphatic carbocycles. The Kier molecular flexibility index (Phi) is 26.6. The summed E-state index contributed by atoms with van der Waals surface area (Å²) in [4.78, 5) is 47.0. The SMILES string of the molecule is CCCCCCCCCCCC(c1ccc(C(C)(C)C)cc1)P(=O)([O-])[O-].CCCCCCCCCCCC(c1ccc(C(C)(C)C)cc1)P(=O)([O-])[O-].[Ni]. The van der Waals surface area contributed by atoms with Crippen molar-refractivity contribution in [2.24, 2.45) is 0 Å². The molecule has 2 unspecified atom stereocenters. The number of unbranched alkanes of at least 4 members (excludes halogenated alkanes) is 16. The van der Waals surface area contributed by atoms with Crippen LogP contribution in [0.2, 0.25) is 0 Å². The summed E-state index contributed by atoms with van der Waals surface area (Å²) in [6.07, 6.45) is 22.1. The van der Waals surface area contributed by atoms with Crippen LogP contribution in [0.4, 0.5) is 0 Å². The molecule has 2 rings (SSSR count). The molecule has 0 fully saturated rings. The van der Waals surface area contributed by atoms with Crippen LogP contribution in [0.15, 0.2) is 48.5 Å². The van der Waals surface area contributed by atoms with Gasteiger partial charge in [0.2, 0.25) is 0 Å². The van der Waals surface area contributed by atoms with Crippen molar-refractivity contribution in [2.75, 3.05) is 0 Å². The minimum Gasteiger partial charge on any atom is -0.810 e. The Hall–Kier alpha value is -0.766. The minimum atomic E-state index is -4.63. The molecule has 0 aromatic heterocycles. The molecule has 0 heterocycles. The normalized spacial score (nSPS) is 13.5. The average Bonchev–Trinajstić information content (AvgIpc) is 3.05. The number of rotatable bonds is 24. The summed E-state index contributed by atoms with van der Waals surface area (Å²) < 4.78 is 23.5. The molecule has 2 aromatic carbocycles. The van der Waals surface area contributed by atoms with Crippen LogP contribution in [0.25, 0.3) is 0 Å². The van der Waals surface area contributed by atoms with Gasteiger partial charge in [-0.2, -0.15) is 0 Å². The second-order valence-electron chi connectivity index (χ2n) is 17.1. The standard InChI is InChI=1S/2C22H39O3P.Ni/c2*1-5-6-7-8-9-10-11-12-13-14-21(26(23,24)25)19-15-17-20(18-16-19)22(2,3)4;/h2*15-18,21H,5-14H2,1-4H3,(H2,23,24,25);/p-4. The molecule has 9 heteroatoms. The zero-order valence-electron chi connectivity index (χ0n) is 34.6. The van der Waals surface area contributed by atoms with Gasteiger partial charge in [-0.3, -0.25) is 0 Å². The van der Waals surface area contributed by atoms with Crippen LogP contribution in [0, 0.1) is 0 Å². The quantitative estimate of drug-likeness (QED) is 0.0589. The van der Waals surface area contributed by atoms with E-state index in [2.05, 4.69) is 55.4 Å². The molecule has 2 atom stereocenters. The fraction of sp³-hybridized carbons (Fsp3) is 0.727. The number of hydrogen-bond donors (Lipinski definition) is 0. The maximum absolute atomic E-state index is 11.8. The van der Waals surface area contributed by atoms with Crippen LogP contribution < -0.4 is 19.6 Å². The molecule has 0 bridgehead atoms. The Morgan fingerprint density at radius 3 is 0.868 bits per heavy atom. The Morgan fingerprint density at radius 2 is 0.660 bits per heavy atom. The van der Waals surface area contributed by atoms with E-state index in [4.69, 9.17) is 0 Å². The first kappa shape index (κ1) is 52.2. The predicted molar refractivity (Wildman–Crippen MR) is 215 cm³/mol. The monoisotopic (exact) mass is 818 g/mol. The van der Waals surface area contributed by atoms with Gasteiger partial charge >= 0.3 is 0 Å². The van der Waals surface area contributed by atoms with Crippen molar-refractivity contribution in [3.63, 3.8) is 0 Å². The van der Waals surface area contributed by atoms with E-state index < -0.39 is 26.5 Å². The first-order valence-electron chi connectivity index (χ1n) is 20.6. The molecule has 310 valence electrons. The van der Waals surface area contributed by atoms with E-state index in [0.29, 0.717) is 24.0 Å². The molecule has 2 aromatic rings. The third-order valence-electron chi connectivity index (χ3n) is 10.2. The Labute approximate surface area is 335 Å². The summed E-state index contributed by atoms with van der Waals surface area (Å²) in [5.41, 5.74) is 1.84. The van der Waals surface area contributed by atoms with Crippen LogP contribution in [0.5, 0.6) is 0 Å². The zero-order chi connectivity index (χ0) is 39.3. The third kappa shape index (κ3) is 23.2. The van der Waals surface area contributed by atoms with Crippen molar-refractivity contribution in [1.29, 1.82) is 0 Å². The van der Waals surface area contributed by atoms with Gasteiger partial charge in [0.15, 0.2) is 0 Å². The number of benzene rings is 2. The first-order valence-corrected chi connectivity index (χ1v) is 23.8. The molecule has 53 heavy (non-hydrogen) atoms. The summed E-state index contributed by atoms with van der Waals surface area (Å²) in [5, 5.41) is 0. The van der Waals surface area contributed by atoms with Crippen molar-refractivity contribution < 1.29 is 45.2 Å². The summed E-state index contributed by atoms with van der Waals surface area (Å²) in [6.45, 7) is 17.2. The average molecular weight is 820 g/mol. The van der Waals surface area contributed by atoms with Crippen molar-refractivity contribution in [1.82, 2.24) is 0 Å². The van der Waals surface area contributed by atoms with Gasteiger partial charge in [0.1, 0.15) is 0 Å². The van der Waals surface area contributed by atoms with E-state index in [9.17, 15) is 28.7 Å². The van der Waals surface area contributed by atoms with E-state index in [0.717, 1.165) is 49.7 Å². The van der Waals surface area contributed by atoms with Crippen molar-refractivity contribution in [3.05, 3.63) is 70.8 Å². The van der Waals surface area contributed by atoms with Crippen LogP contribution in [0.3, 0.4) is 0 Å². The fourth-order valence-corrected chi connectivity index (χ4v) is 8.79. The van der Waals surface area contributed by atoms with Gasteiger partial charge in [0.05, 0.1) is 0 Å². The second-order valence-corrected chi connectivity index (χ2v) is 20.5. The smallest absolute Gasteiger partial charge is 0.0117 e. The van der Waals surface area contributed by atoms with Crippen molar-refractivity contribution in [3.8, 4) is 0 Å². The van der Waals surface area contributed by atoms with Crippen LogP contribution in [0.1, 0.15) is 217 Å². The molecule has 0 saturated heterocycles. The van der Waals surface area contributed by atoms with Gasteiger partial charge < -0.3 is 28.7 Å². The molecule has 0 saturated carbocycles. The maximum Gasteiger partial charge on any atom is 0.0117 e. The summed E-state index contributed by atoms with van der Waals surface area (Å²) >= 11 is 0. The van der Waals surface area contributed by atoms with Gasteiger partial charge in [0, 0.05) is 27.8 Å². The van der Waals surface area contributed by atoms with Gasteiger partial charge in [0.25, 0.3) is 0 Å². The molecule has 0 aliphatic rings. The minimum absolute atomic E-state index is 0. The molecule has 0 amide bonds. The summed E-state index contributed by atoms with van der Waals surface area (Å²) in [5.74, 6) is 0. The maximum atomic E-state index is 11.8. The molecular formula is C44H74NiO6P2-4. The third-order valence-corrected chi connectivity index (χ3v) is 12.9. The van der Waals surface area contributed by atoms with E-state index in [-0.39, 0.29) is 27.3 Å². The van der Waals surface area contributed by atoms with E-state index >= 15 is 0 Å². The second kappa shape index (κ2) is 27.0. The zero-order valence-corrected chi connectivity index (χ0v) is 37.4. The van der Waals surface area contributed by atoms with E-state index in [1.165, 1.54) is 77.0 Å². The Balaban J connectivity index is 0.00000100. The Morgan fingerprint density at radius 1 is 0.434 bits per heavy atom. The van der Waals surface area contributed by atoms with Gasteiger partial charge in [-0.1, -0.05) is 235 Å². The predicted octanol–water partition coefficient (Wildman–Crippen LogP) is 11.7. The molecule has 0 N–H and O–H groups in total.